The molecule has 7 heteroatoms. The smallest absolute Gasteiger partial charge is 0.324 e. The summed E-state index contributed by atoms with van der Waals surface area (Å²) in [6, 6.07) is 1.71. The molecule has 110 valence electrons. The average Bonchev–Trinajstić information content (AvgIpc) is 2.43. The lowest BCUT2D eigenvalue weighted by Crippen LogP contribution is -2.55. The lowest BCUT2D eigenvalue weighted by Gasteiger charge is -2.34. The number of halogens is 2. The fourth-order valence-corrected chi connectivity index (χ4v) is 3.27. The summed E-state index contributed by atoms with van der Waals surface area (Å²) in [4.78, 5) is 18.5. The molecular weight excluding hydrogens is 390 g/mol. The number of nitrogens with one attached hydrogen (secondary N) is 1. The molecule has 0 bridgehead atoms. The van der Waals surface area contributed by atoms with Gasteiger partial charge in [-0.05, 0) is 44.8 Å². The van der Waals surface area contributed by atoms with Crippen molar-refractivity contribution in [2.24, 2.45) is 0 Å². The highest BCUT2D eigenvalue weighted by Crippen LogP contribution is 2.22. The Hall–Kier alpha value is -0.500. The van der Waals surface area contributed by atoms with Gasteiger partial charge in [-0.1, -0.05) is 0 Å². The Morgan fingerprint density at radius 3 is 3.10 bits per heavy atom. The van der Waals surface area contributed by atoms with Crippen molar-refractivity contribution in [3.63, 3.8) is 0 Å². The number of hydrogen-bond acceptors (Lipinski definition) is 5. The highest BCUT2D eigenvalue weighted by Gasteiger charge is 2.30. The summed E-state index contributed by atoms with van der Waals surface area (Å²) in [6.45, 7) is 5.14. The van der Waals surface area contributed by atoms with Crippen molar-refractivity contribution in [2.75, 3.05) is 26.2 Å². The van der Waals surface area contributed by atoms with Crippen molar-refractivity contribution in [1.29, 1.82) is 0 Å². The first-order valence-electron chi connectivity index (χ1n) is 6.53. The van der Waals surface area contributed by atoms with Crippen LogP contribution < -0.4 is 5.32 Å². The van der Waals surface area contributed by atoms with E-state index >= 15 is 0 Å². The van der Waals surface area contributed by atoms with Gasteiger partial charge in [0.1, 0.15) is 6.04 Å². The molecule has 1 saturated heterocycles. The van der Waals surface area contributed by atoms with Crippen LogP contribution >= 0.6 is 31.9 Å². The summed E-state index contributed by atoms with van der Waals surface area (Å²) in [5.74, 6) is -0.173. The van der Waals surface area contributed by atoms with E-state index < -0.39 is 0 Å². The van der Waals surface area contributed by atoms with Crippen molar-refractivity contribution in [2.45, 2.75) is 19.5 Å². The molecule has 0 radical (unpaired) electrons. The first-order chi connectivity index (χ1) is 9.61. The quantitative estimate of drug-likeness (QED) is 0.774. The van der Waals surface area contributed by atoms with Gasteiger partial charge in [0, 0.05) is 41.3 Å². The van der Waals surface area contributed by atoms with Crippen molar-refractivity contribution >= 4 is 37.8 Å². The van der Waals surface area contributed by atoms with Crippen LogP contribution in [-0.4, -0.2) is 48.1 Å². The van der Waals surface area contributed by atoms with Gasteiger partial charge in [0.05, 0.1) is 12.3 Å². The molecule has 0 aliphatic carbocycles. The molecule has 1 aliphatic rings. The normalized spacial score (nSPS) is 19.9. The molecule has 1 unspecified atom stereocenters. The third-order valence-electron chi connectivity index (χ3n) is 3.15. The lowest BCUT2D eigenvalue weighted by atomic mass is 10.2. The highest BCUT2D eigenvalue weighted by atomic mass is 79.9. The molecule has 20 heavy (non-hydrogen) atoms. The molecule has 1 atom stereocenters. The van der Waals surface area contributed by atoms with Gasteiger partial charge in [-0.15, -0.1) is 0 Å². The SMILES string of the molecule is CCOC(=O)C1CNCCN1Cc1ncc(Br)cc1Br. The maximum absolute atomic E-state index is 12.0. The van der Waals surface area contributed by atoms with Gasteiger partial charge in [0.15, 0.2) is 0 Å². The fourth-order valence-electron chi connectivity index (χ4n) is 2.16. The predicted octanol–water partition coefficient (Wildman–Crippen LogP) is 1.94. The number of pyridine rings is 1. The van der Waals surface area contributed by atoms with Crippen molar-refractivity contribution in [3.8, 4) is 0 Å². The maximum atomic E-state index is 12.0. The van der Waals surface area contributed by atoms with Gasteiger partial charge in [0.2, 0.25) is 0 Å². The molecule has 1 fully saturated rings. The third-order valence-corrected chi connectivity index (χ3v) is 4.27. The van der Waals surface area contributed by atoms with Crippen LogP contribution in [0.2, 0.25) is 0 Å². The number of carbonyl (C=O) groups is 1. The molecule has 2 rings (SSSR count). The van der Waals surface area contributed by atoms with Gasteiger partial charge < -0.3 is 10.1 Å². The first kappa shape index (κ1) is 15.9. The summed E-state index contributed by atoms with van der Waals surface area (Å²) in [7, 11) is 0. The number of rotatable bonds is 4. The van der Waals surface area contributed by atoms with E-state index in [0.717, 1.165) is 27.7 Å². The van der Waals surface area contributed by atoms with Crippen molar-refractivity contribution in [1.82, 2.24) is 15.2 Å². The zero-order chi connectivity index (χ0) is 14.5. The maximum Gasteiger partial charge on any atom is 0.324 e. The van der Waals surface area contributed by atoms with Crippen LogP contribution in [0.15, 0.2) is 21.2 Å². The van der Waals surface area contributed by atoms with Crippen LogP contribution in [0.5, 0.6) is 0 Å². The zero-order valence-electron chi connectivity index (χ0n) is 11.2. The van der Waals surface area contributed by atoms with Crippen molar-refractivity contribution in [3.05, 3.63) is 26.9 Å². The Morgan fingerprint density at radius 2 is 2.40 bits per heavy atom. The Balaban J connectivity index is 2.10. The Kier molecular flexibility index (Phi) is 5.95. The van der Waals surface area contributed by atoms with Gasteiger partial charge in [-0.2, -0.15) is 0 Å². The van der Waals surface area contributed by atoms with Crippen LogP contribution in [0.25, 0.3) is 0 Å². The van der Waals surface area contributed by atoms with Gasteiger partial charge in [0.25, 0.3) is 0 Å². The second kappa shape index (κ2) is 7.49. The molecular formula is C13H17Br2N3O2. The molecule has 0 saturated carbocycles. The number of piperazine rings is 1. The Labute approximate surface area is 135 Å². The standard InChI is InChI=1S/C13H17Br2N3O2/c1-2-20-13(19)12-7-16-3-4-18(12)8-11-10(15)5-9(14)6-17-11/h5-6,12,16H,2-4,7-8H2,1H3. The number of hydrogen-bond donors (Lipinski definition) is 1. The van der Waals surface area contributed by atoms with Crippen LogP contribution in [0.1, 0.15) is 12.6 Å². The second-order valence-corrected chi connectivity index (χ2v) is 6.29. The van der Waals surface area contributed by atoms with E-state index in [2.05, 4.69) is 47.1 Å². The molecule has 1 aromatic heterocycles. The third kappa shape index (κ3) is 4.00. The zero-order valence-corrected chi connectivity index (χ0v) is 14.4. The van der Waals surface area contributed by atoms with E-state index in [1.807, 2.05) is 13.0 Å². The highest BCUT2D eigenvalue weighted by molar-refractivity contribution is 9.11. The molecule has 5 nitrogen and oxygen atoms in total. The monoisotopic (exact) mass is 405 g/mol. The molecule has 0 spiro atoms. The Bertz CT molecular complexity index is 485. The fraction of sp³-hybridized carbons (Fsp3) is 0.538. The van der Waals surface area contributed by atoms with Crippen LogP contribution in [-0.2, 0) is 16.1 Å². The minimum absolute atomic E-state index is 0.173. The number of nitrogens with zero attached hydrogens (tertiary/aromatic N) is 2. The molecule has 2 heterocycles. The first-order valence-corrected chi connectivity index (χ1v) is 8.11. The molecule has 0 amide bonds. The number of esters is 1. The van der Waals surface area contributed by atoms with Gasteiger partial charge in [-0.3, -0.25) is 14.7 Å². The van der Waals surface area contributed by atoms with E-state index in [4.69, 9.17) is 4.74 Å². The van der Waals surface area contributed by atoms with Crippen LogP contribution in [0.4, 0.5) is 0 Å². The van der Waals surface area contributed by atoms with Crippen LogP contribution in [0, 0.1) is 0 Å². The summed E-state index contributed by atoms with van der Waals surface area (Å²) >= 11 is 6.90. The van der Waals surface area contributed by atoms with Crippen molar-refractivity contribution < 1.29 is 9.53 Å². The van der Waals surface area contributed by atoms with E-state index in [0.29, 0.717) is 19.7 Å². The Morgan fingerprint density at radius 1 is 1.60 bits per heavy atom. The summed E-state index contributed by atoms with van der Waals surface area (Å²) < 4.78 is 7.00. The van der Waals surface area contributed by atoms with E-state index in [9.17, 15) is 4.79 Å². The topological polar surface area (TPSA) is 54.5 Å². The minimum atomic E-state index is -0.249. The second-order valence-electron chi connectivity index (χ2n) is 4.52. The molecule has 0 aromatic carbocycles. The van der Waals surface area contributed by atoms with E-state index in [1.54, 1.807) is 6.20 Å². The van der Waals surface area contributed by atoms with Gasteiger partial charge >= 0.3 is 5.97 Å². The van der Waals surface area contributed by atoms with Gasteiger partial charge in [-0.25, -0.2) is 0 Å². The van der Waals surface area contributed by atoms with E-state index in [-0.39, 0.29) is 12.0 Å². The minimum Gasteiger partial charge on any atom is -0.465 e. The molecule has 1 aliphatic heterocycles. The summed E-state index contributed by atoms with van der Waals surface area (Å²) in [5, 5.41) is 3.23. The lowest BCUT2D eigenvalue weighted by molar-refractivity contribution is -0.150. The molecule has 1 aromatic rings. The average molecular weight is 407 g/mol. The van der Waals surface area contributed by atoms with Crippen LogP contribution in [0.3, 0.4) is 0 Å². The number of ether oxygens (including phenoxy) is 1. The number of carbonyl (C=O) groups excluding carboxylic acids is 1. The summed E-state index contributed by atoms with van der Waals surface area (Å²) in [6.07, 6.45) is 1.77. The summed E-state index contributed by atoms with van der Waals surface area (Å²) in [5.41, 5.74) is 0.921. The predicted molar refractivity (Wildman–Crippen MR) is 83.3 cm³/mol. The van der Waals surface area contributed by atoms with E-state index in [1.165, 1.54) is 0 Å². The number of aromatic nitrogens is 1. The molecule has 1 N–H and O–H groups in total. The largest absolute Gasteiger partial charge is 0.465 e.